The maximum absolute atomic E-state index is 4.91. The van der Waals surface area contributed by atoms with Crippen LogP contribution in [0, 0.1) is 0 Å². The Balaban J connectivity index is 1.15. The van der Waals surface area contributed by atoms with Crippen LogP contribution >= 0.6 is 0 Å². The first-order chi connectivity index (χ1) is 21.3. The van der Waals surface area contributed by atoms with E-state index in [2.05, 4.69) is 76.7 Å². The summed E-state index contributed by atoms with van der Waals surface area (Å²) in [6.07, 6.45) is 4.42. The van der Waals surface area contributed by atoms with E-state index in [4.69, 9.17) is 15.0 Å². The first kappa shape index (κ1) is 24.9. The standard InChI is InChI=1S/C38H25N5/c1-3-9-27(10-4-1)36-41-37(28-11-5-2-6-12-28)43-38(42-36)30-14-7-13-29(21-30)25-17-19-26(20-18-25)32-15-8-16-33-34(32)22-31-23-39-24-40-35(31)33/h1-21,23-24H,22H2. The van der Waals surface area contributed by atoms with Crippen molar-refractivity contribution in [3.8, 4) is 67.7 Å². The molecule has 2 aromatic heterocycles. The molecular weight excluding hydrogens is 526 g/mol. The van der Waals surface area contributed by atoms with Crippen LogP contribution in [0.1, 0.15) is 11.1 Å². The third kappa shape index (κ3) is 4.67. The highest BCUT2D eigenvalue weighted by Crippen LogP contribution is 2.40. The average Bonchev–Trinajstić information content (AvgIpc) is 3.48. The molecule has 43 heavy (non-hydrogen) atoms. The van der Waals surface area contributed by atoms with Gasteiger partial charge in [0.05, 0.1) is 5.69 Å². The van der Waals surface area contributed by atoms with Crippen molar-refractivity contribution in [3.63, 3.8) is 0 Å². The monoisotopic (exact) mass is 551 g/mol. The maximum Gasteiger partial charge on any atom is 0.164 e. The summed E-state index contributed by atoms with van der Waals surface area (Å²) < 4.78 is 0. The fourth-order valence-corrected chi connectivity index (χ4v) is 5.81. The van der Waals surface area contributed by atoms with Crippen LogP contribution in [0.5, 0.6) is 0 Å². The lowest BCUT2D eigenvalue weighted by atomic mass is 9.94. The molecule has 0 aliphatic heterocycles. The van der Waals surface area contributed by atoms with Crippen LogP contribution in [-0.2, 0) is 6.42 Å². The molecule has 5 heteroatoms. The van der Waals surface area contributed by atoms with Gasteiger partial charge < -0.3 is 0 Å². The van der Waals surface area contributed by atoms with Crippen LogP contribution in [0.25, 0.3) is 67.7 Å². The summed E-state index contributed by atoms with van der Waals surface area (Å²) in [5, 5.41) is 0. The van der Waals surface area contributed by atoms with Gasteiger partial charge in [-0.25, -0.2) is 24.9 Å². The summed E-state index contributed by atoms with van der Waals surface area (Å²) in [4.78, 5) is 23.4. The van der Waals surface area contributed by atoms with E-state index in [1.165, 1.54) is 27.8 Å². The number of fused-ring (bicyclic) bond motifs is 3. The molecule has 2 heterocycles. The van der Waals surface area contributed by atoms with E-state index >= 15 is 0 Å². The normalized spacial score (nSPS) is 11.6. The quantitative estimate of drug-likeness (QED) is 0.214. The number of aromatic nitrogens is 5. The van der Waals surface area contributed by atoms with Gasteiger partial charge >= 0.3 is 0 Å². The van der Waals surface area contributed by atoms with Gasteiger partial charge in [0.25, 0.3) is 0 Å². The van der Waals surface area contributed by atoms with Gasteiger partial charge in [0.2, 0.25) is 0 Å². The smallest absolute Gasteiger partial charge is 0.164 e. The Kier molecular flexibility index (Phi) is 6.12. The Labute approximate surface area is 249 Å². The van der Waals surface area contributed by atoms with Crippen molar-refractivity contribution in [1.29, 1.82) is 0 Å². The van der Waals surface area contributed by atoms with Crippen LogP contribution in [0.2, 0.25) is 0 Å². The minimum atomic E-state index is 0.647. The second-order valence-corrected chi connectivity index (χ2v) is 10.6. The van der Waals surface area contributed by atoms with Crippen molar-refractivity contribution in [2.45, 2.75) is 6.42 Å². The number of hydrogen-bond donors (Lipinski definition) is 0. The Bertz CT molecular complexity index is 2030. The zero-order valence-corrected chi connectivity index (χ0v) is 23.2. The van der Waals surface area contributed by atoms with Crippen LogP contribution in [0.15, 0.2) is 140 Å². The van der Waals surface area contributed by atoms with E-state index in [0.29, 0.717) is 17.5 Å². The molecule has 8 rings (SSSR count). The number of hydrogen-bond acceptors (Lipinski definition) is 5. The predicted octanol–water partition coefficient (Wildman–Crippen LogP) is 8.57. The summed E-state index contributed by atoms with van der Waals surface area (Å²) >= 11 is 0. The largest absolute Gasteiger partial charge is 0.244 e. The summed E-state index contributed by atoms with van der Waals surface area (Å²) in [7, 11) is 0. The molecule has 0 atom stereocenters. The van der Waals surface area contributed by atoms with Gasteiger partial charge in [0.15, 0.2) is 17.5 Å². The first-order valence-corrected chi connectivity index (χ1v) is 14.3. The molecule has 0 saturated heterocycles. The van der Waals surface area contributed by atoms with Crippen molar-refractivity contribution >= 4 is 0 Å². The van der Waals surface area contributed by atoms with E-state index in [-0.39, 0.29) is 0 Å². The SMILES string of the molecule is c1ccc(-c2nc(-c3ccccc3)nc(-c3cccc(-c4ccc(-c5cccc6c5Cc5cncnc5-6)cc4)c3)n2)cc1. The summed E-state index contributed by atoms with van der Waals surface area (Å²) in [5.74, 6) is 1.96. The van der Waals surface area contributed by atoms with E-state index < -0.39 is 0 Å². The van der Waals surface area contributed by atoms with Gasteiger partial charge in [0, 0.05) is 40.4 Å². The Morgan fingerprint density at radius 3 is 1.70 bits per heavy atom. The van der Waals surface area contributed by atoms with E-state index in [9.17, 15) is 0 Å². The molecule has 0 saturated carbocycles. The number of rotatable bonds is 5. The fraction of sp³-hybridized carbons (Fsp3) is 0.0263. The Morgan fingerprint density at radius 2 is 1.00 bits per heavy atom. The Hall–Kier alpha value is -5.81. The van der Waals surface area contributed by atoms with Crippen molar-refractivity contribution in [2.75, 3.05) is 0 Å². The number of benzene rings is 5. The van der Waals surface area contributed by atoms with E-state index in [1.807, 2.05) is 66.9 Å². The highest BCUT2D eigenvalue weighted by molar-refractivity contribution is 5.83. The summed E-state index contributed by atoms with van der Waals surface area (Å²) in [6.45, 7) is 0. The van der Waals surface area contributed by atoms with E-state index in [1.54, 1.807) is 6.33 Å². The molecule has 0 N–H and O–H groups in total. The molecule has 5 nitrogen and oxygen atoms in total. The van der Waals surface area contributed by atoms with Crippen molar-refractivity contribution < 1.29 is 0 Å². The van der Waals surface area contributed by atoms with Gasteiger partial charge in [-0.2, -0.15) is 0 Å². The zero-order chi connectivity index (χ0) is 28.6. The zero-order valence-electron chi connectivity index (χ0n) is 23.2. The average molecular weight is 552 g/mol. The second kappa shape index (κ2) is 10.5. The van der Waals surface area contributed by atoms with Crippen LogP contribution < -0.4 is 0 Å². The van der Waals surface area contributed by atoms with Gasteiger partial charge in [-0.1, -0.05) is 121 Å². The lowest BCUT2D eigenvalue weighted by Crippen LogP contribution is -2.00. The number of nitrogens with zero attached hydrogens (tertiary/aromatic N) is 5. The lowest BCUT2D eigenvalue weighted by Gasteiger charge is -2.11. The van der Waals surface area contributed by atoms with Crippen molar-refractivity contribution in [1.82, 2.24) is 24.9 Å². The molecule has 0 fully saturated rings. The molecule has 0 spiro atoms. The molecule has 0 radical (unpaired) electrons. The van der Waals surface area contributed by atoms with Crippen LogP contribution in [0.4, 0.5) is 0 Å². The van der Waals surface area contributed by atoms with Gasteiger partial charge in [-0.15, -0.1) is 0 Å². The molecular formula is C38H25N5. The topological polar surface area (TPSA) is 64.5 Å². The minimum absolute atomic E-state index is 0.647. The molecule has 1 aliphatic carbocycles. The third-order valence-corrected chi connectivity index (χ3v) is 7.94. The predicted molar refractivity (Wildman–Crippen MR) is 171 cm³/mol. The van der Waals surface area contributed by atoms with Crippen LogP contribution in [-0.4, -0.2) is 24.9 Å². The first-order valence-electron chi connectivity index (χ1n) is 14.3. The molecule has 202 valence electrons. The lowest BCUT2D eigenvalue weighted by molar-refractivity contribution is 1.07. The van der Waals surface area contributed by atoms with Crippen molar-refractivity contribution in [2.24, 2.45) is 0 Å². The maximum atomic E-state index is 4.91. The van der Waals surface area contributed by atoms with Crippen LogP contribution in [0.3, 0.4) is 0 Å². The highest BCUT2D eigenvalue weighted by atomic mass is 15.0. The van der Waals surface area contributed by atoms with E-state index in [0.717, 1.165) is 39.9 Å². The van der Waals surface area contributed by atoms with Gasteiger partial charge in [0.1, 0.15) is 6.33 Å². The third-order valence-electron chi connectivity index (χ3n) is 7.94. The van der Waals surface area contributed by atoms with Crippen molar-refractivity contribution in [3.05, 3.63) is 151 Å². The summed E-state index contributed by atoms with van der Waals surface area (Å²) in [5.41, 5.74) is 12.3. The molecule has 1 aliphatic rings. The molecule has 0 amide bonds. The molecule has 0 bridgehead atoms. The second-order valence-electron chi connectivity index (χ2n) is 10.6. The highest BCUT2D eigenvalue weighted by Gasteiger charge is 2.22. The molecule has 0 unspecified atom stereocenters. The van der Waals surface area contributed by atoms with Gasteiger partial charge in [-0.05, 0) is 33.9 Å². The molecule has 5 aromatic carbocycles. The molecule has 7 aromatic rings. The minimum Gasteiger partial charge on any atom is -0.244 e. The summed E-state index contributed by atoms with van der Waals surface area (Å²) in [6, 6.07) is 43.8. The Morgan fingerprint density at radius 1 is 0.442 bits per heavy atom. The van der Waals surface area contributed by atoms with Gasteiger partial charge in [-0.3, -0.25) is 0 Å². The fourth-order valence-electron chi connectivity index (χ4n) is 5.81.